The Morgan fingerprint density at radius 1 is 1.04 bits per heavy atom. The Balaban J connectivity index is 1.87. The molecule has 0 saturated carbocycles. The van der Waals surface area contributed by atoms with E-state index in [4.69, 9.17) is 11.6 Å². The summed E-state index contributed by atoms with van der Waals surface area (Å²) < 4.78 is 27.4. The van der Waals surface area contributed by atoms with Crippen LogP contribution >= 0.6 is 11.6 Å². The zero-order chi connectivity index (χ0) is 18.2. The van der Waals surface area contributed by atoms with E-state index in [2.05, 4.69) is 13.8 Å². The van der Waals surface area contributed by atoms with Crippen LogP contribution in [0.4, 0.5) is 0 Å². The highest BCUT2D eigenvalue weighted by molar-refractivity contribution is 7.89. The van der Waals surface area contributed by atoms with E-state index in [-0.39, 0.29) is 22.9 Å². The van der Waals surface area contributed by atoms with E-state index < -0.39 is 16.1 Å². The molecular weight excluding hydrogens is 360 g/mol. The molecule has 1 aromatic carbocycles. The van der Waals surface area contributed by atoms with E-state index in [0.717, 1.165) is 19.3 Å². The first kappa shape index (κ1) is 18.7. The van der Waals surface area contributed by atoms with Crippen LogP contribution in [0.15, 0.2) is 29.2 Å². The van der Waals surface area contributed by atoms with Crippen molar-refractivity contribution < 1.29 is 13.2 Å². The molecule has 25 heavy (non-hydrogen) atoms. The molecule has 2 aliphatic heterocycles. The zero-order valence-corrected chi connectivity index (χ0v) is 16.3. The van der Waals surface area contributed by atoms with Crippen LogP contribution in [-0.4, -0.2) is 48.2 Å². The average molecular weight is 385 g/mol. The highest BCUT2D eigenvalue weighted by Gasteiger charge is 2.43. The third kappa shape index (κ3) is 3.57. The van der Waals surface area contributed by atoms with Crippen LogP contribution in [0.25, 0.3) is 0 Å². The number of rotatable bonds is 3. The van der Waals surface area contributed by atoms with E-state index in [1.807, 2.05) is 4.90 Å². The molecule has 2 aliphatic rings. The number of sulfonamides is 1. The van der Waals surface area contributed by atoms with E-state index in [1.54, 1.807) is 12.1 Å². The van der Waals surface area contributed by atoms with Crippen molar-refractivity contribution in [3.8, 4) is 0 Å². The van der Waals surface area contributed by atoms with E-state index >= 15 is 0 Å². The van der Waals surface area contributed by atoms with E-state index in [9.17, 15) is 13.2 Å². The normalized spacial score (nSPS) is 28.3. The first-order valence-electron chi connectivity index (χ1n) is 8.92. The lowest BCUT2D eigenvalue weighted by Gasteiger charge is -2.41. The minimum absolute atomic E-state index is 0.0465. The molecule has 1 aromatic rings. The molecule has 1 amide bonds. The second-order valence-corrected chi connectivity index (χ2v) is 9.43. The molecule has 7 heteroatoms. The molecule has 0 bridgehead atoms. The fourth-order valence-corrected chi connectivity index (χ4v) is 5.82. The van der Waals surface area contributed by atoms with Crippen molar-refractivity contribution in [1.29, 1.82) is 0 Å². The summed E-state index contributed by atoms with van der Waals surface area (Å²) in [6.45, 7) is 4.50. The zero-order valence-electron chi connectivity index (χ0n) is 14.7. The summed E-state index contributed by atoms with van der Waals surface area (Å²) >= 11 is 5.86. The Hall–Kier alpha value is -1.11. The maximum atomic E-state index is 13.2. The van der Waals surface area contributed by atoms with Gasteiger partial charge in [-0.3, -0.25) is 4.79 Å². The molecule has 138 valence electrons. The smallest absolute Gasteiger partial charge is 0.243 e. The Morgan fingerprint density at radius 2 is 1.64 bits per heavy atom. The molecular formula is C18H25ClN2O3S. The SMILES string of the molecule is C[C@@H]1CCC[C@@H](C)N1C(=O)[C@@H]1CCCN1S(=O)(=O)c1ccc(Cl)cc1. The highest BCUT2D eigenvalue weighted by Crippen LogP contribution is 2.31. The van der Waals surface area contributed by atoms with Crippen LogP contribution in [0, 0.1) is 0 Å². The number of benzene rings is 1. The van der Waals surface area contributed by atoms with Crippen LogP contribution in [-0.2, 0) is 14.8 Å². The quantitative estimate of drug-likeness (QED) is 0.803. The predicted molar refractivity (Wildman–Crippen MR) is 98.0 cm³/mol. The van der Waals surface area contributed by atoms with Crippen LogP contribution in [0.5, 0.6) is 0 Å². The summed E-state index contributed by atoms with van der Waals surface area (Å²) in [4.78, 5) is 15.3. The summed E-state index contributed by atoms with van der Waals surface area (Å²) in [6.07, 6.45) is 4.37. The highest BCUT2D eigenvalue weighted by atomic mass is 35.5. The number of hydrogen-bond donors (Lipinski definition) is 0. The van der Waals surface area contributed by atoms with Crippen LogP contribution in [0.1, 0.15) is 46.0 Å². The van der Waals surface area contributed by atoms with Crippen molar-refractivity contribution >= 4 is 27.5 Å². The Morgan fingerprint density at radius 3 is 2.24 bits per heavy atom. The lowest BCUT2D eigenvalue weighted by molar-refractivity contribution is -0.140. The lowest BCUT2D eigenvalue weighted by Crippen LogP contribution is -2.54. The van der Waals surface area contributed by atoms with Gasteiger partial charge in [0, 0.05) is 23.7 Å². The molecule has 0 aromatic heterocycles. The van der Waals surface area contributed by atoms with Crippen molar-refractivity contribution in [2.24, 2.45) is 0 Å². The standard InChI is InChI=1S/C18H25ClN2O3S/c1-13-5-3-6-14(2)21(13)18(22)17-7-4-12-20(17)25(23,24)16-10-8-15(19)9-11-16/h8-11,13-14,17H,3-7,12H2,1-2H3/t13-,14-,17+/m1/s1. The van der Waals surface area contributed by atoms with Gasteiger partial charge in [-0.25, -0.2) is 8.42 Å². The topological polar surface area (TPSA) is 57.7 Å². The first-order valence-corrected chi connectivity index (χ1v) is 10.7. The molecule has 3 rings (SSSR count). The number of carbonyl (C=O) groups excluding carboxylic acids is 1. The summed E-state index contributed by atoms with van der Waals surface area (Å²) in [5, 5.41) is 0.490. The van der Waals surface area contributed by atoms with Crippen molar-refractivity contribution in [3.63, 3.8) is 0 Å². The van der Waals surface area contributed by atoms with Gasteiger partial charge in [-0.05, 0) is 70.2 Å². The van der Waals surface area contributed by atoms with Gasteiger partial charge in [0.25, 0.3) is 0 Å². The van der Waals surface area contributed by atoms with E-state index in [1.165, 1.54) is 16.4 Å². The van der Waals surface area contributed by atoms with E-state index in [0.29, 0.717) is 24.4 Å². The monoisotopic (exact) mass is 384 g/mol. The van der Waals surface area contributed by atoms with Gasteiger partial charge in [-0.15, -0.1) is 0 Å². The molecule has 0 radical (unpaired) electrons. The molecule has 3 atom stereocenters. The number of carbonyl (C=O) groups is 1. The Labute approximate surface area is 155 Å². The number of nitrogens with zero attached hydrogens (tertiary/aromatic N) is 2. The lowest BCUT2D eigenvalue weighted by atomic mass is 9.96. The Bertz CT molecular complexity index is 725. The summed E-state index contributed by atoms with van der Waals surface area (Å²) in [6, 6.07) is 5.87. The van der Waals surface area contributed by atoms with Gasteiger partial charge in [0.2, 0.25) is 15.9 Å². The molecule has 5 nitrogen and oxygen atoms in total. The first-order chi connectivity index (χ1) is 11.8. The van der Waals surface area contributed by atoms with Crippen LogP contribution in [0.3, 0.4) is 0 Å². The Kier molecular flexibility index (Phi) is 5.42. The van der Waals surface area contributed by atoms with Gasteiger partial charge < -0.3 is 4.90 Å². The van der Waals surface area contributed by atoms with Crippen molar-refractivity contribution in [3.05, 3.63) is 29.3 Å². The van der Waals surface area contributed by atoms with Crippen molar-refractivity contribution in [2.45, 2.75) is 69.0 Å². The van der Waals surface area contributed by atoms with Gasteiger partial charge in [0.15, 0.2) is 0 Å². The third-order valence-electron chi connectivity index (χ3n) is 5.36. The summed E-state index contributed by atoms with van der Waals surface area (Å²) in [5.74, 6) is -0.0465. The van der Waals surface area contributed by atoms with Gasteiger partial charge in [-0.1, -0.05) is 11.6 Å². The third-order valence-corrected chi connectivity index (χ3v) is 7.53. The van der Waals surface area contributed by atoms with Gasteiger partial charge in [0.1, 0.15) is 6.04 Å². The fraction of sp³-hybridized carbons (Fsp3) is 0.611. The minimum atomic E-state index is -3.70. The number of amides is 1. The van der Waals surface area contributed by atoms with Crippen LogP contribution < -0.4 is 0 Å². The predicted octanol–water partition coefficient (Wildman–Crippen LogP) is 3.28. The molecule has 2 saturated heterocycles. The summed E-state index contributed by atoms with van der Waals surface area (Å²) in [5.41, 5.74) is 0. The number of halogens is 1. The fourth-order valence-electron chi connectivity index (χ4n) is 4.04. The van der Waals surface area contributed by atoms with Gasteiger partial charge in [0.05, 0.1) is 4.90 Å². The molecule has 0 unspecified atom stereocenters. The molecule has 2 fully saturated rings. The molecule has 2 heterocycles. The average Bonchev–Trinajstić information content (AvgIpc) is 3.05. The van der Waals surface area contributed by atoms with Crippen LogP contribution in [0.2, 0.25) is 5.02 Å². The summed E-state index contributed by atoms with van der Waals surface area (Å²) in [7, 11) is -3.70. The number of likely N-dealkylation sites (tertiary alicyclic amines) is 1. The largest absolute Gasteiger partial charge is 0.336 e. The minimum Gasteiger partial charge on any atom is -0.336 e. The number of hydrogen-bond acceptors (Lipinski definition) is 3. The second-order valence-electron chi connectivity index (χ2n) is 7.10. The molecule has 0 spiro atoms. The van der Waals surface area contributed by atoms with Gasteiger partial charge in [-0.2, -0.15) is 4.31 Å². The maximum Gasteiger partial charge on any atom is 0.243 e. The van der Waals surface area contributed by atoms with Crippen molar-refractivity contribution in [2.75, 3.05) is 6.54 Å². The molecule has 0 aliphatic carbocycles. The van der Waals surface area contributed by atoms with Gasteiger partial charge >= 0.3 is 0 Å². The number of piperidine rings is 1. The maximum absolute atomic E-state index is 13.2. The molecule has 0 N–H and O–H groups in total. The second kappa shape index (κ2) is 7.25. The van der Waals surface area contributed by atoms with Crippen molar-refractivity contribution in [1.82, 2.24) is 9.21 Å².